The molecule has 1 fully saturated rings. The highest BCUT2D eigenvalue weighted by molar-refractivity contribution is 8.12. The number of aliphatic hydroxyl groups excluding tert-OH is 1. The summed E-state index contributed by atoms with van der Waals surface area (Å²) in [5.41, 5.74) is 7.15. The third kappa shape index (κ3) is 7.53. The van der Waals surface area contributed by atoms with E-state index >= 15 is 4.39 Å². The van der Waals surface area contributed by atoms with Gasteiger partial charge in [-0.15, -0.1) is 0 Å². The number of halogens is 1. The molecule has 0 bridgehead atoms. The number of aromatic nitrogens is 4. The largest absolute Gasteiger partial charge is 0.479 e. The molecule has 3 unspecified atom stereocenters. The first-order valence-corrected chi connectivity index (χ1v) is 17.0. The number of phosphoric ester groups is 1. The number of rotatable bonds is 12. The fraction of sp³-hybridized carbons (Fsp3) is 0.478. The van der Waals surface area contributed by atoms with E-state index in [2.05, 4.69) is 20.0 Å². The van der Waals surface area contributed by atoms with E-state index in [4.69, 9.17) is 40.4 Å². The molecule has 3 aromatic rings. The van der Waals surface area contributed by atoms with Gasteiger partial charge in [0, 0.05) is 13.8 Å². The van der Waals surface area contributed by atoms with E-state index in [1.807, 2.05) is 30.3 Å². The number of hydrogen-bond donors (Lipinski definition) is 3. The van der Waals surface area contributed by atoms with Crippen molar-refractivity contribution in [2.24, 2.45) is 0 Å². The van der Waals surface area contributed by atoms with Crippen molar-refractivity contribution in [3.05, 3.63) is 48.0 Å². The van der Waals surface area contributed by atoms with Crippen molar-refractivity contribution in [2.75, 3.05) is 26.1 Å². The summed E-state index contributed by atoms with van der Waals surface area (Å²) in [4.78, 5) is 24.8. The summed E-state index contributed by atoms with van der Waals surface area (Å²) >= 11 is 5.42. The number of carbonyl (C=O) groups is 1. The first kappa shape index (κ1) is 31.5. The van der Waals surface area contributed by atoms with Crippen LogP contribution in [0.5, 0.6) is 0 Å². The fourth-order valence-electron chi connectivity index (χ4n) is 4.05. The quantitative estimate of drug-likeness (QED) is 0.196. The van der Waals surface area contributed by atoms with Crippen LogP contribution in [0.1, 0.15) is 24.5 Å². The second-order valence-corrected chi connectivity index (χ2v) is 15.5. The number of esters is 1. The van der Waals surface area contributed by atoms with Gasteiger partial charge < -0.3 is 20.3 Å². The number of aryl methyl sites for hydroxylation is 1. The predicted molar refractivity (Wildman–Crippen MR) is 150 cm³/mol. The number of fused-ring (bicyclic) bond motifs is 1. The molecule has 0 radical (unpaired) electrons. The number of imidazole rings is 1. The van der Waals surface area contributed by atoms with E-state index in [0.717, 1.165) is 12.7 Å². The van der Waals surface area contributed by atoms with Crippen LogP contribution in [0.2, 0.25) is 0 Å². The molecular formula is C23H31FN6O8P2S. The summed E-state index contributed by atoms with van der Waals surface area (Å²) in [5.74, 6) is -0.147. The van der Waals surface area contributed by atoms with Gasteiger partial charge in [0.1, 0.15) is 42.6 Å². The molecule has 1 aliphatic heterocycles. The predicted octanol–water partition coefficient (Wildman–Crippen LogP) is 2.76. The van der Waals surface area contributed by atoms with Crippen molar-refractivity contribution < 1.29 is 41.7 Å². The van der Waals surface area contributed by atoms with Crippen molar-refractivity contribution in [1.82, 2.24) is 24.6 Å². The highest BCUT2D eigenvalue weighted by Crippen LogP contribution is 2.61. The number of nitrogen functional groups attached to an aromatic ring is 1. The third-order valence-electron chi connectivity index (χ3n) is 6.01. The molecule has 2 aromatic heterocycles. The number of nitrogens with zero attached hydrogens (tertiary/aromatic N) is 4. The minimum absolute atomic E-state index is 0.0634. The summed E-state index contributed by atoms with van der Waals surface area (Å²) in [7, 11) is -3.27. The second-order valence-electron chi connectivity index (χ2n) is 9.28. The maximum Gasteiger partial charge on any atom is 0.479 e. The molecule has 224 valence electrons. The lowest BCUT2D eigenvalue weighted by atomic mass is 10.1. The van der Waals surface area contributed by atoms with Gasteiger partial charge in [0.15, 0.2) is 23.9 Å². The Bertz CT molecular complexity index is 1480. The van der Waals surface area contributed by atoms with Gasteiger partial charge in [-0.1, -0.05) is 42.1 Å². The lowest BCUT2D eigenvalue weighted by molar-refractivity contribution is -0.146. The zero-order chi connectivity index (χ0) is 29.9. The lowest BCUT2D eigenvalue weighted by Crippen LogP contribution is -2.33. The van der Waals surface area contributed by atoms with Gasteiger partial charge in [0.2, 0.25) is 0 Å². The molecule has 1 saturated heterocycles. The topological polar surface area (TPSA) is 182 Å². The molecule has 0 aliphatic carbocycles. The molecule has 1 aromatic carbocycles. The van der Waals surface area contributed by atoms with Crippen molar-refractivity contribution in [3.63, 3.8) is 0 Å². The van der Waals surface area contributed by atoms with E-state index < -0.39 is 57.5 Å². The molecule has 41 heavy (non-hydrogen) atoms. The normalized spacial score (nSPS) is 24.5. The molecule has 0 spiro atoms. The van der Waals surface area contributed by atoms with E-state index in [-0.39, 0.29) is 23.6 Å². The molecule has 7 atom stereocenters. The number of alkyl halides is 1. The van der Waals surface area contributed by atoms with E-state index in [1.54, 1.807) is 6.92 Å². The highest BCUT2D eigenvalue weighted by atomic mass is 32.4. The minimum Gasteiger partial charge on any atom is -0.460 e. The summed E-state index contributed by atoms with van der Waals surface area (Å²) < 4.78 is 56.5. The Morgan fingerprint density at radius 3 is 2.73 bits per heavy atom. The van der Waals surface area contributed by atoms with Crippen LogP contribution in [0.15, 0.2) is 36.7 Å². The SMILES string of the molecule is COP(=O)(OC[C@H]1O[C@@H](n2cnc3c(N)nc(C)nc32)[C@H](F)C1O)OP(C)(=S)N[C@@H](C)C(=O)OCc1ccccc1. The third-order valence-corrected chi connectivity index (χ3v) is 10.7. The Morgan fingerprint density at radius 1 is 1.34 bits per heavy atom. The first-order chi connectivity index (χ1) is 19.3. The van der Waals surface area contributed by atoms with E-state index in [1.165, 1.54) is 24.5 Å². The summed E-state index contributed by atoms with van der Waals surface area (Å²) in [6.07, 6.45) is -8.06. The molecule has 4 N–H and O–H groups in total. The summed E-state index contributed by atoms with van der Waals surface area (Å²) in [5, 5.41) is 13.3. The van der Waals surface area contributed by atoms with Crippen LogP contribution < -0.4 is 10.8 Å². The zero-order valence-electron chi connectivity index (χ0n) is 22.6. The number of ether oxygens (including phenoxy) is 2. The van der Waals surface area contributed by atoms with Crippen LogP contribution >= 0.6 is 14.2 Å². The minimum atomic E-state index is -4.34. The van der Waals surface area contributed by atoms with Crippen molar-refractivity contribution >= 4 is 49.0 Å². The Kier molecular flexibility index (Phi) is 9.89. The molecule has 1 aliphatic rings. The molecule has 4 rings (SSSR count). The average Bonchev–Trinajstić information content (AvgIpc) is 3.46. The zero-order valence-corrected chi connectivity index (χ0v) is 25.2. The van der Waals surface area contributed by atoms with Crippen LogP contribution in [-0.2, 0) is 50.6 Å². The van der Waals surface area contributed by atoms with Gasteiger partial charge >= 0.3 is 13.8 Å². The van der Waals surface area contributed by atoms with Crippen LogP contribution in [0, 0.1) is 6.92 Å². The molecular weight excluding hydrogens is 601 g/mol. The number of carbonyl (C=O) groups excluding carboxylic acids is 1. The Morgan fingerprint density at radius 2 is 2.05 bits per heavy atom. The van der Waals surface area contributed by atoms with Gasteiger partial charge in [-0.2, -0.15) is 0 Å². The molecule has 14 nitrogen and oxygen atoms in total. The monoisotopic (exact) mass is 632 g/mol. The van der Waals surface area contributed by atoms with E-state index in [0.29, 0.717) is 5.82 Å². The van der Waals surface area contributed by atoms with Crippen molar-refractivity contribution in [2.45, 2.75) is 51.1 Å². The van der Waals surface area contributed by atoms with Crippen LogP contribution in [0.4, 0.5) is 10.2 Å². The summed E-state index contributed by atoms with van der Waals surface area (Å²) in [6, 6.07) is 8.21. The number of benzene rings is 1. The van der Waals surface area contributed by atoms with Gasteiger partial charge in [0.05, 0.1) is 12.9 Å². The molecule has 0 saturated carbocycles. The second kappa shape index (κ2) is 12.9. The molecule has 3 heterocycles. The van der Waals surface area contributed by atoms with E-state index in [9.17, 15) is 14.5 Å². The Hall–Kier alpha value is -2.39. The number of aliphatic hydroxyl groups is 1. The molecule has 0 amide bonds. The summed E-state index contributed by atoms with van der Waals surface area (Å²) in [6.45, 7) is 4.06. The van der Waals surface area contributed by atoms with Gasteiger partial charge in [-0.3, -0.25) is 23.5 Å². The number of hydrogen-bond acceptors (Lipinski definition) is 13. The number of nitrogens with one attached hydrogen (secondary N) is 1. The molecule has 18 heteroatoms. The van der Waals surface area contributed by atoms with Gasteiger partial charge in [0.25, 0.3) is 0 Å². The number of nitrogens with two attached hydrogens (primary N) is 1. The first-order valence-electron chi connectivity index (χ1n) is 12.3. The fourth-order valence-corrected chi connectivity index (χ4v) is 8.67. The average molecular weight is 633 g/mol. The maximum absolute atomic E-state index is 15.1. The van der Waals surface area contributed by atoms with Crippen LogP contribution in [0.25, 0.3) is 11.2 Å². The number of phosphoric acid groups is 1. The lowest BCUT2D eigenvalue weighted by Gasteiger charge is -2.26. The van der Waals surface area contributed by atoms with Crippen molar-refractivity contribution in [3.8, 4) is 0 Å². The van der Waals surface area contributed by atoms with Crippen LogP contribution in [-0.4, -0.2) is 75.4 Å². The van der Waals surface area contributed by atoms with Gasteiger partial charge in [-0.05, 0) is 19.4 Å². The highest BCUT2D eigenvalue weighted by Gasteiger charge is 2.47. The number of anilines is 1. The Labute approximate surface area is 240 Å². The maximum atomic E-state index is 15.1. The van der Waals surface area contributed by atoms with Crippen molar-refractivity contribution in [1.29, 1.82) is 0 Å². The van der Waals surface area contributed by atoms with Crippen LogP contribution in [0.3, 0.4) is 0 Å². The standard InChI is InChI=1S/C23H31FN6O8P2S/c1-13(23(32)35-10-15-8-6-5-7-9-15)29-39(4,41)38-40(33,34-3)36-11-16-19(31)17(24)22(37-16)30-12-26-18-20(25)27-14(2)28-21(18)30/h5-9,12-13,16-17,19,22,31H,10-11H2,1-4H3,(H,29,41)(H2,25,27,28)/t13-,16+,17+,19?,22+,39?,40?/m0/s1. The van der Waals surface area contributed by atoms with Gasteiger partial charge in [-0.25, -0.2) is 28.2 Å². The smallest absolute Gasteiger partial charge is 0.460 e. The Balaban J connectivity index is 1.36.